The molecular weight excluding hydrogens is 483 g/mol. The molecule has 1 aromatic carbocycles. The summed E-state index contributed by atoms with van der Waals surface area (Å²) in [5.41, 5.74) is 11.6. The highest BCUT2D eigenvalue weighted by atomic mass is 19.1. The summed E-state index contributed by atoms with van der Waals surface area (Å²) in [4.78, 5) is 21.6. The molecule has 0 aliphatic carbocycles. The highest BCUT2D eigenvalue weighted by molar-refractivity contribution is 5.95. The molecule has 0 amide bonds. The summed E-state index contributed by atoms with van der Waals surface area (Å²) in [5, 5.41) is 5.51. The van der Waals surface area contributed by atoms with Crippen LogP contribution in [-0.2, 0) is 6.54 Å². The summed E-state index contributed by atoms with van der Waals surface area (Å²) in [6, 6.07) is 10.3. The van der Waals surface area contributed by atoms with Gasteiger partial charge in [-0.3, -0.25) is 9.88 Å². The quantitative estimate of drug-likeness (QED) is 0.359. The van der Waals surface area contributed by atoms with E-state index in [-0.39, 0.29) is 11.8 Å². The lowest BCUT2D eigenvalue weighted by molar-refractivity contribution is 0.248. The second-order valence-electron chi connectivity index (χ2n) is 9.49. The maximum atomic E-state index is 14.5. The Morgan fingerprint density at radius 3 is 2.55 bits per heavy atom. The standard InChI is InChI=1S/C27H27FN10/c1-17-18(2)37(15-12-35-10-13-36(14-11-35)22-8-7-19(30-3)16-20(22)28)25-23(17)26-32-24(21-6-4-5-9-31-21)34-38(26)27(29)33-25/h4-9,16H,10-15H2,1-2H3,(H2,29,33). The Morgan fingerprint density at radius 1 is 1.03 bits per heavy atom. The van der Waals surface area contributed by atoms with Gasteiger partial charge in [-0.2, -0.15) is 9.50 Å². The van der Waals surface area contributed by atoms with E-state index < -0.39 is 0 Å². The molecule has 11 heteroatoms. The van der Waals surface area contributed by atoms with Crippen molar-refractivity contribution in [2.24, 2.45) is 0 Å². The van der Waals surface area contributed by atoms with E-state index in [2.05, 4.69) is 38.2 Å². The van der Waals surface area contributed by atoms with Crippen molar-refractivity contribution in [3.63, 3.8) is 0 Å². The molecule has 6 rings (SSSR count). The van der Waals surface area contributed by atoms with E-state index in [1.807, 2.05) is 23.1 Å². The Hall–Kier alpha value is -4.56. The number of benzene rings is 1. The molecule has 0 spiro atoms. The molecule has 0 saturated carbocycles. The smallest absolute Gasteiger partial charge is 0.225 e. The molecule has 1 saturated heterocycles. The van der Waals surface area contributed by atoms with Gasteiger partial charge in [0.2, 0.25) is 11.8 Å². The average Bonchev–Trinajstić information content (AvgIpc) is 3.48. The Morgan fingerprint density at radius 2 is 1.84 bits per heavy atom. The zero-order chi connectivity index (χ0) is 26.4. The zero-order valence-electron chi connectivity index (χ0n) is 21.3. The van der Waals surface area contributed by atoms with Crippen molar-refractivity contribution in [2.75, 3.05) is 43.4 Å². The van der Waals surface area contributed by atoms with Crippen molar-refractivity contribution in [3.8, 4) is 11.5 Å². The number of halogens is 1. The maximum Gasteiger partial charge on any atom is 0.225 e. The Balaban J connectivity index is 1.22. The first-order valence-corrected chi connectivity index (χ1v) is 12.5. The number of piperazine rings is 1. The molecule has 0 unspecified atom stereocenters. The minimum absolute atomic E-state index is 0.279. The van der Waals surface area contributed by atoms with Gasteiger partial charge in [0.15, 0.2) is 11.3 Å². The number of aromatic nitrogens is 6. The molecule has 1 fully saturated rings. The lowest BCUT2D eigenvalue weighted by Crippen LogP contribution is -2.47. The minimum Gasteiger partial charge on any atom is -0.368 e. The normalized spacial score (nSPS) is 14.4. The molecule has 0 bridgehead atoms. The molecule has 5 aromatic rings. The van der Waals surface area contributed by atoms with Crippen molar-refractivity contribution in [1.29, 1.82) is 0 Å². The van der Waals surface area contributed by atoms with Crippen LogP contribution in [0, 0.1) is 26.2 Å². The Labute approximate surface area is 219 Å². The van der Waals surface area contributed by atoms with Gasteiger partial charge in [0, 0.05) is 51.2 Å². The molecule has 2 N–H and O–H groups in total. The van der Waals surface area contributed by atoms with Crippen LogP contribution >= 0.6 is 0 Å². The third-order valence-corrected chi connectivity index (χ3v) is 7.38. The van der Waals surface area contributed by atoms with E-state index in [1.165, 1.54) is 6.07 Å². The van der Waals surface area contributed by atoms with Crippen LogP contribution in [0.4, 0.5) is 21.7 Å². The van der Waals surface area contributed by atoms with Crippen LogP contribution in [0.25, 0.3) is 33.0 Å². The number of pyridine rings is 1. The van der Waals surface area contributed by atoms with Gasteiger partial charge in [0.25, 0.3) is 0 Å². The summed E-state index contributed by atoms with van der Waals surface area (Å²) < 4.78 is 18.3. The fourth-order valence-corrected chi connectivity index (χ4v) is 5.17. The van der Waals surface area contributed by atoms with E-state index in [9.17, 15) is 4.39 Å². The number of nitrogens with two attached hydrogens (primary N) is 1. The number of anilines is 2. The largest absolute Gasteiger partial charge is 0.368 e. The summed E-state index contributed by atoms with van der Waals surface area (Å²) in [6.45, 7) is 15.9. The second kappa shape index (κ2) is 9.39. The maximum absolute atomic E-state index is 14.5. The van der Waals surface area contributed by atoms with Gasteiger partial charge in [-0.05, 0) is 43.7 Å². The number of hydrogen-bond acceptors (Lipinski definition) is 7. The number of nitrogens with zero attached hydrogens (tertiary/aromatic N) is 9. The molecule has 1 aliphatic heterocycles. The van der Waals surface area contributed by atoms with Gasteiger partial charge in [0.1, 0.15) is 17.2 Å². The number of nitrogen functional groups attached to an aromatic ring is 1. The predicted octanol–water partition coefficient (Wildman–Crippen LogP) is 3.85. The summed E-state index contributed by atoms with van der Waals surface area (Å²) in [7, 11) is 0. The van der Waals surface area contributed by atoms with Crippen LogP contribution in [0.3, 0.4) is 0 Å². The van der Waals surface area contributed by atoms with Gasteiger partial charge in [-0.25, -0.2) is 14.2 Å². The van der Waals surface area contributed by atoms with Crippen LogP contribution < -0.4 is 10.6 Å². The fourth-order valence-electron chi connectivity index (χ4n) is 5.17. The lowest BCUT2D eigenvalue weighted by atomic mass is 10.2. The topological polar surface area (TPSA) is 97.8 Å². The molecule has 5 heterocycles. The number of fused-ring (bicyclic) bond motifs is 3. The van der Waals surface area contributed by atoms with Crippen molar-refractivity contribution in [1.82, 2.24) is 34.0 Å². The highest BCUT2D eigenvalue weighted by Crippen LogP contribution is 2.30. The predicted molar refractivity (Wildman–Crippen MR) is 145 cm³/mol. The van der Waals surface area contributed by atoms with E-state index in [0.29, 0.717) is 28.5 Å². The highest BCUT2D eigenvalue weighted by Gasteiger charge is 2.23. The van der Waals surface area contributed by atoms with Crippen LogP contribution in [0.1, 0.15) is 11.3 Å². The number of hydrogen-bond donors (Lipinski definition) is 1. The van der Waals surface area contributed by atoms with Crippen LogP contribution in [0.15, 0.2) is 42.6 Å². The molecule has 0 atom stereocenters. The molecule has 4 aromatic heterocycles. The number of aryl methyl sites for hydroxylation is 1. The van der Waals surface area contributed by atoms with Gasteiger partial charge < -0.3 is 15.2 Å². The monoisotopic (exact) mass is 510 g/mol. The van der Waals surface area contributed by atoms with Gasteiger partial charge in [-0.1, -0.05) is 12.1 Å². The molecule has 1 aliphatic rings. The number of rotatable bonds is 5. The van der Waals surface area contributed by atoms with E-state index in [4.69, 9.17) is 22.3 Å². The SMILES string of the molecule is [C-]#[N+]c1ccc(N2CCN(CCn3c(C)c(C)c4c3nc(N)n3nc(-c5ccccn5)nc43)CC2)c(F)c1. The van der Waals surface area contributed by atoms with Crippen LogP contribution in [0.2, 0.25) is 0 Å². The van der Waals surface area contributed by atoms with E-state index >= 15 is 0 Å². The second-order valence-corrected chi connectivity index (χ2v) is 9.49. The minimum atomic E-state index is -0.341. The summed E-state index contributed by atoms with van der Waals surface area (Å²) in [5.74, 6) is 0.446. The van der Waals surface area contributed by atoms with Crippen LogP contribution in [-0.4, -0.2) is 66.8 Å². The Bertz CT molecular complexity index is 1690. The van der Waals surface area contributed by atoms with Gasteiger partial charge in [-0.15, -0.1) is 5.10 Å². The van der Waals surface area contributed by atoms with Crippen molar-refractivity contribution >= 4 is 34.0 Å². The van der Waals surface area contributed by atoms with Crippen molar-refractivity contribution in [3.05, 3.63) is 71.1 Å². The van der Waals surface area contributed by atoms with E-state index in [0.717, 1.165) is 61.6 Å². The van der Waals surface area contributed by atoms with E-state index in [1.54, 1.807) is 22.8 Å². The third kappa shape index (κ3) is 3.99. The fraction of sp³-hybridized carbons (Fsp3) is 0.296. The first kappa shape index (κ1) is 23.8. The molecular formula is C27H27FN10. The first-order valence-electron chi connectivity index (χ1n) is 12.5. The van der Waals surface area contributed by atoms with Crippen molar-refractivity contribution in [2.45, 2.75) is 20.4 Å². The molecule has 192 valence electrons. The van der Waals surface area contributed by atoms with Crippen LogP contribution in [0.5, 0.6) is 0 Å². The first-order chi connectivity index (χ1) is 18.4. The van der Waals surface area contributed by atoms with Gasteiger partial charge in [0.05, 0.1) is 17.6 Å². The Kier molecular flexibility index (Phi) is 5.88. The average molecular weight is 511 g/mol. The third-order valence-electron chi connectivity index (χ3n) is 7.38. The van der Waals surface area contributed by atoms with Gasteiger partial charge >= 0.3 is 0 Å². The summed E-state index contributed by atoms with van der Waals surface area (Å²) >= 11 is 0. The van der Waals surface area contributed by atoms with Crippen molar-refractivity contribution < 1.29 is 4.39 Å². The molecule has 10 nitrogen and oxygen atoms in total. The summed E-state index contributed by atoms with van der Waals surface area (Å²) in [6.07, 6.45) is 1.71. The zero-order valence-corrected chi connectivity index (χ0v) is 21.3. The lowest BCUT2D eigenvalue weighted by Gasteiger charge is -2.36. The molecule has 0 radical (unpaired) electrons. The molecule has 38 heavy (non-hydrogen) atoms.